The van der Waals surface area contributed by atoms with E-state index in [1.54, 1.807) is 30.3 Å². The maximum atomic E-state index is 11.8. The van der Waals surface area contributed by atoms with Gasteiger partial charge in [-0.3, -0.25) is 4.79 Å². The summed E-state index contributed by atoms with van der Waals surface area (Å²) in [5.74, 6) is 0.327. The number of hydrogen-bond acceptors (Lipinski definition) is 5. The van der Waals surface area contributed by atoms with Crippen molar-refractivity contribution in [1.82, 2.24) is 5.32 Å². The van der Waals surface area contributed by atoms with Gasteiger partial charge in [-0.05, 0) is 35.9 Å². The SMILES string of the molecule is O=C(COC(=O)c1cccc(Cl)c1)NCc1ccc2c(c1)OCO2. The van der Waals surface area contributed by atoms with E-state index in [0.29, 0.717) is 28.6 Å². The van der Waals surface area contributed by atoms with E-state index < -0.39 is 11.9 Å². The van der Waals surface area contributed by atoms with Crippen molar-refractivity contribution < 1.29 is 23.8 Å². The molecule has 24 heavy (non-hydrogen) atoms. The zero-order valence-corrected chi connectivity index (χ0v) is 13.3. The Hall–Kier alpha value is -2.73. The van der Waals surface area contributed by atoms with E-state index in [2.05, 4.69) is 5.32 Å². The Balaban J connectivity index is 1.47. The number of carbonyl (C=O) groups excluding carboxylic acids is 2. The summed E-state index contributed by atoms with van der Waals surface area (Å²) in [5.41, 5.74) is 1.15. The normalized spacial score (nSPS) is 11.9. The highest BCUT2D eigenvalue weighted by atomic mass is 35.5. The molecular formula is C17H14ClNO5. The van der Waals surface area contributed by atoms with Crippen LogP contribution in [0, 0.1) is 0 Å². The van der Waals surface area contributed by atoms with Crippen LogP contribution in [0.4, 0.5) is 0 Å². The summed E-state index contributed by atoms with van der Waals surface area (Å²) in [5, 5.41) is 3.10. The molecule has 1 amide bonds. The molecule has 0 saturated carbocycles. The Bertz CT molecular complexity index is 777. The third kappa shape index (κ3) is 3.97. The van der Waals surface area contributed by atoms with Crippen molar-refractivity contribution in [3.63, 3.8) is 0 Å². The summed E-state index contributed by atoms with van der Waals surface area (Å²) in [6, 6.07) is 11.7. The van der Waals surface area contributed by atoms with Gasteiger partial charge in [0.05, 0.1) is 5.56 Å². The molecule has 0 saturated heterocycles. The lowest BCUT2D eigenvalue weighted by Crippen LogP contribution is -2.28. The van der Waals surface area contributed by atoms with E-state index in [-0.39, 0.29) is 13.4 Å². The second kappa shape index (κ2) is 7.23. The van der Waals surface area contributed by atoms with Gasteiger partial charge in [0.25, 0.3) is 5.91 Å². The lowest BCUT2D eigenvalue weighted by atomic mass is 10.2. The molecule has 1 N–H and O–H groups in total. The van der Waals surface area contributed by atoms with E-state index in [9.17, 15) is 9.59 Å². The number of ether oxygens (including phenoxy) is 3. The molecule has 6 nitrogen and oxygen atoms in total. The highest BCUT2D eigenvalue weighted by Gasteiger charge is 2.14. The first-order chi connectivity index (χ1) is 11.6. The summed E-state index contributed by atoms with van der Waals surface area (Å²) in [4.78, 5) is 23.6. The lowest BCUT2D eigenvalue weighted by Gasteiger charge is -2.07. The van der Waals surface area contributed by atoms with Crippen LogP contribution in [0.3, 0.4) is 0 Å². The van der Waals surface area contributed by atoms with Gasteiger partial charge in [-0.1, -0.05) is 23.7 Å². The molecule has 0 fully saturated rings. The molecular weight excluding hydrogens is 334 g/mol. The first-order valence-corrected chi connectivity index (χ1v) is 7.57. The molecule has 124 valence electrons. The summed E-state index contributed by atoms with van der Waals surface area (Å²) >= 11 is 5.80. The number of halogens is 1. The monoisotopic (exact) mass is 347 g/mol. The average molecular weight is 348 g/mol. The summed E-state index contributed by atoms with van der Waals surface area (Å²) in [7, 11) is 0. The zero-order valence-electron chi connectivity index (χ0n) is 12.6. The highest BCUT2D eigenvalue weighted by Crippen LogP contribution is 2.32. The van der Waals surface area contributed by atoms with Crippen LogP contribution < -0.4 is 14.8 Å². The van der Waals surface area contributed by atoms with Gasteiger partial charge in [-0.25, -0.2) is 4.79 Å². The molecule has 1 aliphatic rings. The Labute approximate surface area is 143 Å². The van der Waals surface area contributed by atoms with Gasteiger partial charge in [0, 0.05) is 11.6 Å². The van der Waals surface area contributed by atoms with Crippen molar-refractivity contribution in [3.8, 4) is 11.5 Å². The second-order valence-corrected chi connectivity index (χ2v) is 5.49. The number of esters is 1. The minimum atomic E-state index is -0.601. The second-order valence-electron chi connectivity index (χ2n) is 5.05. The molecule has 1 aliphatic heterocycles. The predicted molar refractivity (Wildman–Crippen MR) is 86.1 cm³/mol. The summed E-state index contributed by atoms with van der Waals surface area (Å²) in [6.45, 7) is 0.130. The topological polar surface area (TPSA) is 73.9 Å². The van der Waals surface area contributed by atoms with Gasteiger partial charge in [-0.2, -0.15) is 0 Å². The Morgan fingerprint density at radius 3 is 2.79 bits per heavy atom. The molecule has 0 spiro atoms. The number of carbonyl (C=O) groups is 2. The number of nitrogens with one attached hydrogen (secondary N) is 1. The number of fused-ring (bicyclic) bond motifs is 1. The van der Waals surface area contributed by atoms with Crippen LogP contribution in [0.2, 0.25) is 5.02 Å². The van der Waals surface area contributed by atoms with Crippen LogP contribution in [-0.4, -0.2) is 25.3 Å². The predicted octanol–water partition coefficient (Wildman–Crippen LogP) is 2.54. The fraction of sp³-hybridized carbons (Fsp3) is 0.176. The maximum Gasteiger partial charge on any atom is 0.338 e. The molecule has 0 aromatic heterocycles. The Morgan fingerprint density at radius 1 is 1.12 bits per heavy atom. The fourth-order valence-corrected chi connectivity index (χ4v) is 2.32. The number of hydrogen-bond donors (Lipinski definition) is 1. The van der Waals surface area contributed by atoms with Crippen molar-refractivity contribution in [1.29, 1.82) is 0 Å². The Morgan fingerprint density at radius 2 is 1.96 bits per heavy atom. The van der Waals surface area contributed by atoms with Gasteiger partial charge < -0.3 is 19.5 Å². The van der Waals surface area contributed by atoms with Crippen molar-refractivity contribution in [2.75, 3.05) is 13.4 Å². The van der Waals surface area contributed by atoms with Crippen molar-refractivity contribution in [2.45, 2.75) is 6.54 Å². The minimum Gasteiger partial charge on any atom is -0.454 e. The molecule has 0 aliphatic carbocycles. The Kier molecular flexibility index (Phi) is 4.86. The van der Waals surface area contributed by atoms with E-state index in [4.69, 9.17) is 25.8 Å². The number of amides is 1. The molecule has 7 heteroatoms. The largest absolute Gasteiger partial charge is 0.454 e. The van der Waals surface area contributed by atoms with Gasteiger partial charge in [-0.15, -0.1) is 0 Å². The van der Waals surface area contributed by atoms with Crippen LogP contribution in [0.5, 0.6) is 11.5 Å². The van der Waals surface area contributed by atoms with Gasteiger partial charge in [0.2, 0.25) is 6.79 Å². The van der Waals surface area contributed by atoms with Crippen LogP contribution in [0.1, 0.15) is 15.9 Å². The average Bonchev–Trinajstić information content (AvgIpc) is 3.05. The molecule has 0 atom stereocenters. The standard InChI is InChI=1S/C17H14ClNO5/c18-13-3-1-2-12(7-13)17(21)22-9-16(20)19-8-11-4-5-14-15(6-11)24-10-23-14/h1-7H,8-10H2,(H,19,20). The number of rotatable bonds is 5. The van der Waals surface area contributed by atoms with Gasteiger partial charge in [0.15, 0.2) is 18.1 Å². The molecule has 0 bridgehead atoms. The first-order valence-electron chi connectivity index (χ1n) is 7.20. The quantitative estimate of drug-likeness (QED) is 0.841. The molecule has 2 aromatic carbocycles. The molecule has 0 radical (unpaired) electrons. The third-order valence-corrected chi connectivity index (χ3v) is 3.56. The summed E-state index contributed by atoms with van der Waals surface area (Å²) in [6.07, 6.45) is 0. The van der Waals surface area contributed by atoms with Crippen LogP contribution in [0.25, 0.3) is 0 Å². The van der Waals surface area contributed by atoms with Gasteiger partial charge in [0.1, 0.15) is 0 Å². The fourth-order valence-electron chi connectivity index (χ4n) is 2.13. The molecule has 1 heterocycles. The van der Waals surface area contributed by atoms with Crippen LogP contribution >= 0.6 is 11.6 Å². The molecule has 2 aromatic rings. The maximum absolute atomic E-state index is 11.8. The molecule has 0 unspecified atom stereocenters. The van der Waals surface area contributed by atoms with Gasteiger partial charge >= 0.3 is 5.97 Å². The van der Waals surface area contributed by atoms with E-state index in [0.717, 1.165) is 5.56 Å². The van der Waals surface area contributed by atoms with Crippen molar-refractivity contribution >= 4 is 23.5 Å². The smallest absolute Gasteiger partial charge is 0.338 e. The van der Waals surface area contributed by atoms with E-state index in [1.807, 2.05) is 6.07 Å². The first kappa shape index (κ1) is 16.1. The third-order valence-electron chi connectivity index (χ3n) is 3.32. The van der Waals surface area contributed by atoms with Crippen LogP contribution in [0.15, 0.2) is 42.5 Å². The zero-order chi connectivity index (χ0) is 16.9. The van der Waals surface area contributed by atoms with Crippen LogP contribution in [-0.2, 0) is 16.1 Å². The lowest BCUT2D eigenvalue weighted by molar-refractivity contribution is -0.124. The summed E-state index contributed by atoms with van der Waals surface area (Å²) < 4.78 is 15.4. The minimum absolute atomic E-state index is 0.199. The number of benzene rings is 2. The van der Waals surface area contributed by atoms with Crippen molar-refractivity contribution in [3.05, 3.63) is 58.6 Å². The van der Waals surface area contributed by atoms with E-state index >= 15 is 0 Å². The van der Waals surface area contributed by atoms with Crippen molar-refractivity contribution in [2.24, 2.45) is 0 Å². The molecule has 3 rings (SSSR count). The van der Waals surface area contributed by atoms with E-state index in [1.165, 1.54) is 6.07 Å². The highest BCUT2D eigenvalue weighted by molar-refractivity contribution is 6.30.